The molecule has 6 nitrogen and oxygen atoms in total. The monoisotopic (exact) mass is 452 g/mol. The molecule has 0 saturated heterocycles. The minimum absolute atomic E-state index is 0.171. The van der Waals surface area contributed by atoms with Crippen LogP contribution in [-0.2, 0) is 10.5 Å². The number of methoxy groups -OCH3 is 3. The third-order valence-electron chi connectivity index (χ3n) is 3.54. The van der Waals surface area contributed by atoms with Crippen molar-refractivity contribution in [3.63, 3.8) is 0 Å². The van der Waals surface area contributed by atoms with Crippen LogP contribution in [0.4, 0.5) is 0 Å². The van der Waals surface area contributed by atoms with Gasteiger partial charge in [-0.2, -0.15) is 5.10 Å². The van der Waals surface area contributed by atoms with Gasteiger partial charge in [-0.15, -0.1) is 11.8 Å². The van der Waals surface area contributed by atoms with Crippen molar-refractivity contribution in [1.82, 2.24) is 5.43 Å². The maximum Gasteiger partial charge on any atom is 0.250 e. The molecule has 0 aliphatic rings. The SMILES string of the molecule is COc1cc(/C=N/NC(=O)CSCc2ccccc2Br)cc(OC)c1OC. The van der Waals surface area contributed by atoms with E-state index in [1.807, 2.05) is 24.3 Å². The van der Waals surface area contributed by atoms with Crippen LogP contribution >= 0.6 is 27.7 Å². The van der Waals surface area contributed by atoms with Crippen LogP contribution < -0.4 is 19.6 Å². The second-order valence-electron chi connectivity index (χ2n) is 5.34. The Balaban J connectivity index is 1.89. The molecule has 8 heteroatoms. The number of rotatable bonds is 9. The summed E-state index contributed by atoms with van der Waals surface area (Å²) in [5.41, 5.74) is 4.38. The van der Waals surface area contributed by atoms with Crippen LogP contribution in [0.3, 0.4) is 0 Å². The predicted octanol–water partition coefficient (Wildman–Crippen LogP) is 3.86. The second kappa shape index (κ2) is 10.8. The predicted molar refractivity (Wildman–Crippen MR) is 112 cm³/mol. The maximum atomic E-state index is 11.9. The number of ether oxygens (including phenoxy) is 3. The standard InChI is InChI=1S/C19H21BrN2O4S/c1-24-16-8-13(9-17(25-2)19(16)26-3)10-21-22-18(23)12-27-11-14-6-4-5-7-15(14)20/h4-10H,11-12H2,1-3H3,(H,22,23)/b21-10+. The summed E-state index contributed by atoms with van der Waals surface area (Å²) in [5.74, 6) is 2.43. The summed E-state index contributed by atoms with van der Waals surface area (Å²) in [6, 6.07) is 11.4. The van der Waals surface area contributed by atoms with Crippen molar-refractivity contribution >= 4 is 39.8 Å². The number of nitrogens with one attached hydrogen (secondary N) is 1. The van der Waals surface area contributed by atoms with Gasteiger partial charge in [0.1, 0.15) is 0 Å². The molecular weight excluding hydrogens is 432 g/mol. The second-order valence-corrected chi connectivity index (χ2v) is 7.18. The van der Waals surface area contributed by atoms with Crippen molar-refractivity contribution < 1.29 is 19.0 Å². The molecule has 144 valence electrons. The fourth-order valence-corrected chi connectivity index (χ4v) is 3.69. The number of benzene rings is 2. The Labute approximate surface area is 171 Å². The molecule has 2 aromatic rings. The van der Waals surface area contributed by atoms with E-state index in [0.717, 1.165) is 15.8 Å². The summed E-state index contributed by atoms with van der Waals surface area (Å²) >= 11 is 5.02. The molecule has 0 aliphatic heterocycles. The number of carbonyl (C=O) groups is 1. The van der Waals surface area contributed by atoms with Crippen molar-refractivity contribution in [1.29, 1.82) is 0 Å². The summed E-state index contributed by atoms with van der Waals surface area (Å²) < 4.78 is 16.9. The molecule has 2 aromatic carbocycles. The lowest BCUT2D eigenvalue weighted by Crippen LogP contribution is -2.19. The van der Waals surface area contributed by atoms with E-state index < -0.39 is 0 Å². The van der Waals surface area contributed by atoms with Gasteiger partial charge in [0.25, 0.3) is 0 Å². The van der Waals surface area contributed by atoms with Crippen molar-refractivity contribution in [3.05, 3.63) is 52.0 Å². The molecule has 0 spiro atoms. The van der Waals surface area contributed by atoms with Crippen LogP contribution in [0.15, 0.2) is 46.0 Å². The van der Waals surface area contributed by atoms with Crippen molar-refractivity contribution in [2.24, 2.45) is 5.10 Å². The molecule has 0 bridgehead atoms. The van der Waals surface area contributed by atoms with Crippen molar-refractivity contribution in [3.8, 4) is 17.2 Å². The van der Waals surface area contributed by atoms with Gasteiger partial charge in [-0.3, -0.25) is 4.79 Å². The zero-order valence-corrected chi connectivity index (χ0v) is 17.7. The van der Waals surface area contributed by atoms with Gasteiger partial charge in [-0.05, 0) is 23.8 Å². The van der Waals surface area contributed by atoms with Crippen LogP contribution in [-0.4, -0.2) is 39.2 Å². The van der Waals surface area contributed by atoms with E-state index in [-0.39, 0.29) is 5.91 Å². The minimum Gasteiger partial charge on any atom is -0.493 e. The quantitative estimate of drug-likeness (QED) is 0.462. The highest BCUT2D eigenvalue weighted by Gasteiger charge is 2.12. The highest BCUT2D eigenvalue weighted by Crippen LogP contribution is 2.37. The lowest BCUT2D eigenvalue weighted by molar-refractivity contribution is -0.118. The molecule has 0 heterocycles. The Bertz CT molecular complexity index is 789. The average molecular weight is 453 g/mol. The number of hydrogen-bond acceptors (Lipinski definition) is 6. The van der Waals surface area contributed by atoms with Gasteiger partial charge >= 0.3 is 0 Å². The zero-order valence-electron chi connectivity index (χ0n) is 15.3. The van der Waals surface area contributed by atoms with E-state index in [2.05, 4.69) is 26.5 Å². The largest absolute Gasteiger partial charge is 0.493 e. The first kappa shape index (κ1) is 21.1. The lowest BCUT2D eigenvalue weighted by atomic mass is 10.2. The Kier molecular flexibility index (Phi) is 8.47. The fourth-order valence-electron chi connectivity index (χ4n) is 2.26. The lowest BCUT2D eigenvalue weighted by Gasteiger charge is -2.12. The fraction of sp³-hybridized carbons (Fsp3) is 0.263. The van der Waals surface area contributed by atoms with Gasteiger partial charge in [-0.25, -0.2) is 5.43 Å². The summed E-state index contributed by atoms with van der Waals surface area (Å²) in [6.45, 7) is 0. The van der Waals surface area contributed by atoms with E-state index in [4.69, 9.17) is 14.2 Å². The summed E-state index contributed by atoms with van der Waals surface area (Å²) in [5, 5.41) is 3.99. The highest BCUT2D eigenvalue weighted by atomic mass is 79.9. The number of thioether (sulfide) groups is 1. The van der Waals surface area contributed by atoms with Gasteiger partial charge in [0, 0.05) is 15.8 Å². The Morgan fingerprint density at radius 3 is 2.41 bits per heavy atom. The summed E-state index contributed by atoms with van der Waals surface area (Å²) in [4.78, 5) is 11.9. The number of hydrazone groups is 1. The molecular formula is C19H21BrN2O4S. The molecule has 0 saturated carbocycles. The Hall–Kier alpha value is -2.19. The third-order valence-corrected chi connectivity index (χ3v) is 5.29. The van der Waals surface area contributed by atoms with Gasteiger partial charge in [0.15, 0.2) is 11.5 Å². The summed E-state index contributed by atoms with van der Waals surface area (Å²) in [7, 11) is 4.63. The number of carbonyl (C=O) groups excluding carboxylic acids is 1. The Morgan fingerprint density at radius 2 is 1.81 bits per heavy atom. The van der Waals surface area contributed by atoms with Gasteiger partial charge in [0.2, 0.25) is 11.7 Å². The molecule has 2 rings (SSSR count). The topological polar surface area (TPSA) is 69.2 Å². The molecule has 0 unspecified atom stereocenters. The normalized spacial score (nSPS) is 10.7. The summed E-state index contributed by atoms with van der Waals surface area (Å²) in [6.07, 6.45) is 1.53. The average Bonchev–Trinajstić information content (AvgIpc) is 2.68. The number of amides is 1. The van der Waals surface area contributed by atoms with Crippen LogP contribution in [0.1, 0.15) is 11.1 Å². The molecule has 27 heavy (non-hydrogen) atoms. The maximum absolute atomic E-state index is 11.9. The molecule has 0 aromatic heterocycles. The highest BCUT2D eigenvalue weighted by molar-refractivity contribution is 9.10. The molecule has 0 radical (unpaired) electrons. The van der Waals surface area contributed by atoms with E-state index >= 15 is 0 Å². The Morgan fingerprint density at radius 1 is 1.15 bits per heavy atom. The first-order chi connectivity index (χ1) is 13.1. The molecule has 1 N–H and O–H groups in total. The van der Waals surface area contributed by atoms with E-state index in [1.54, 1.807) is 33.5 Å². The van der Waals surface area contributed by atoms with E-state index in [0.29, 0.717) is 28.6 Å². The van der Waals surface area contributed by atoms with Crippen LogP contribution in [0, 0.1) is 0 Å². The van der Waals surface area contributed by atoms with Crippen molar-refractivity contribution in [2.45, 2.75) is 5.75 Å². The van der Waals surface area contributed by atoms with Crippen LogP contribution in [0.5, 0.6) is 17.2 Å². The number of hydrogen-bond donors (Lipinski definition) is 1. The third kappa shape index (κ3) is 6.18. The molecule has 1 amide bonds. The minimum atomic E-state index is -0.171. The first-order valence-electron chi connectivity index (χ1n) is 8.02. The van der Waals surface area contributed by atoms with Crippen LogP contribution in [0.2, 0.25) is 0 Å². The molecule has 0 fully saturated rings. The molecule has 0 aliphatic carbocycles. The van der Waals surface area contributed by atoms with Crippen LogP contribution in [0.25, 0.3) is 0 Å². The van der Waals surface area contributed by atoms with Crippen molar-refractivity contribution in [2.75, 3.05) is 27.1 Å². The van der Waals surface area contributed by atoms with Gasteiger partial charge in [-0.1, -0.05) is 34.1 Å². The smallest absolute Gasteiger partial charge is 0.250 e. The van der Waals surface area contributed by atoms with E-state index in [9.17, 15) is 4.79 Å². The van der Waals surface area contributed by atoms with E-state index in [1.165, 1.54) is 18.0 Å². The number of halogens is 1. The first-order valence-corrected chi connectivity index (χ1v) is 9.96. The zero-order chi connectivity index (χ0) is 19.6. The van der Waals surface area contributed by atoms with Gasteiger partial charge in [0.05, 0.1) is 33.3 Å². The molecule has 0 atom stereocenters. The number of nitrogens with zero attached hydrogens (tertiary/aromatic N) is 1. The van der Waals surface area contributed by atoms with Gasteiger partial charge < -0.3 is 14.2 Å².